The Bertz CT molecular complexity index is 566. The van der Waals surface area contributed by atoms with Crippen molar-refractivity contribution in [2.45, 2.75) is 37.1 Å². The molecule has 2 nitrogen and oxygen atoms in total. The van der Waals surface area contributed by atoms with Gasteiger partial charge in [0.15, 0.2) is 0 Å². The molecule has 0 spiro atoms. The molecule has 0 amide bonds. The molecule has 1 fully saturated rings. The second kappa shape index (κ2) is 5.78. The van der Waals surface area contributed by atoms with Crippen LogP contribution < -0.4 is 5.32 Å². The molecule has 0 saturated heterocycles. The highest BCUT2D eigenvalue weighted by molar-refractivity contribution is 7.99. The SMILES string of the molecule is CSC1CCC(NCc2c[nH]c3cc(Cl)ccc23)C1. The number of H-pyrrole nitrogens is 1. The van der Waals surface area contributed by atoms with Crippen molar-refractivity contribution < 1.29 is 0 Å². The number of rotatable bonds is 4. The first-order chi connectivity index (χ1) is 9.26. The van der Waals surface area contributed by atoms with Gasteiger partial charge in [0, 0.05) is 40.0 Å². The van der Waals surface area contributed by atoms with Crippen LogP contribution in [0.15, 0.2) is 24.4 Å². The van der Waals surface area contributed by atoms with Crippen LogP contribution >= 0.6 is 23.4 Å². The Balaban J connectivity index is 1.66. The number of aromatic nitrogens is 1. The topological polar surface area (TPSA) is 27.8 Å². The molecule has 0 radical (unpaired) electrons. The minimum Gasteiger partial charge on any atom is -0.361 e. The number of thioether (sulfide) groups is 1. The Kier molecular flexibility index (Phi) is 4.06. The predicted molar refractivity (Wildman–Crippen MR) is 85.1 cm³/mol. The molecule has 4 heteroatoms. The molecule has 1 aromatic heterocycles. The van der Waals surface area contributed by atoms with Gasteiger partial charge in [-0.1, -0.05) is 17.7 Å². The lowest BCUT2D eigenvalue weighted by Gasteiger charge is -2.12. The Labute approximate surface area is 123 Å². The lowest BCUT2D eigenvalue weighted by molar-refractivity contribution is 0.526. The maximum Gasteiger partial charge on any atom is 0.0472 e. The molecule has 102 valence electrons. The van der Waals surface area contributed by atoms with Crippen LogP contribution in [-0.4, -0.2) is 22.5 Å². The molecule has 1 aliphatic carbocycles. The predicted octanol–water partition coefficient (Wildman–Crippen LogP) is 4.20. The van der Waals surface area contributed by atoms with E-state index < -0.39 is 0 Å². The quantitative estimate of drug-likeness (QED) is 0.885. The van der Waals surface area contributed by atoms with Crippen LogP contribution in [0.4, 0.5) is 0 Å². The highest BCUT2D eigenvalue weighted by Gasteiger charge is 2.23. The van der Waals surface area contributed by atoms with Crippen LogP contribution in [-0.2, 0) is 6.54 Å². The molecule has 1 aromatic carbocycles. The maximum atomic E-state index is 6.00. The van der Waals surface area contributed by atoms with E-state index in [1.54, 1.807) is 0 Å². The zero-order chi connectivity index (χ0) is 13.2. The Morgan fingerprint density at radius 2 is 2.32 bits per heavy atom. The number of hydrogen-bond acceptors (Lipinski definition) is 2. The molecule has 2 aromatic rings. The van der Waals surface area contributed by atoms with Crippen molar-refractivity contribution in [2.75, 3.05) is 6.26 Å². The summed E-state index contributed by atoms with van der Waals surface area (Å²) in [6, 6.07) is 6.72. The minimum atomic E-state index is 0.676. The van der Waals surface area contributed by atoms with Crippen molar-refractivity contribution in [3.63, 3.8) is 0 Å². The van der Waals surface area contributed by atoms with Gasteiger partial charge < -0.3 is 10.3 Å². The zero-order valence-electron chi connectivity index (χ0n) is 11.1. The number of benzene rings is 1. The summed E-state index contributed by atoms with van der Waals surface area (Å²) >= 11 is 8.01. The van der Waals surface area contributed by atoms with Gasteiger partial charge >= 0.3 is 0 Å². The molecule has 2 unspecified atom stereocenters. The monoisotopic (exact) mass is 294 g/mol. The summed E-state index contributed by atoms with van der Waals surface area (Å²) in [5.74, 6) is 0. The minimum absolute atomic E-state index is 0.676. The van der Waals surface area contributed by atoms with Gasteiger partial charge in [0.2, 0.25) is 0 Å². The zero-order valence-corrected chi connectivity index (χ0v) is 12.7. The summed E-state index contributed by atoms with van der Waals surface area (Å²) in [6.07, 6.45) is 8.27. The third-order valence-corrected chi connectivity index (χ3v) is 5.36. The second-order valence-corrected chi connectivity index (χ2v) is 6.83. The van der Waals surface area contributed by atoms with Gasteiger partial charge in [-0.15, -0.1) is 0 Å². The first-order valence-corrected chi connectivity index (χ1v) is 8.44. The van der Waals surface area contributed by atoms with Crippen molar-refractivity contribution in [2.24, 2.45) is 0 Å². The van der Waals surface area contributed by atoms with Gasteiger partial charge in [-0.3, -0.25) is 0 Å². The largest absolute Gasteiger partial charge is 0.361 e. The smallest absolute Gasteiger partial charge is 0.0472 e. The molecular weight excluding hydrogens is 276 g/mol. The fourth-order valence-corrected chi connectivity index (χ4v) is 3.87. The fraction of sp³-hybridized carbons (Fsp3) is 0.467. The highest BCUT2D eigenvalue weighted by atomic mass is 35.5. The number of hydrogen-bond donors (Lipinski definition) is 2. The van der Waals surface area contributed by atoms with Crippen molar-refractivity contribution in [1.82, 2.24) is 10.3 Å². The van der Waals surface area contributed by atoms with Crippen molar-refractivity contribution in [3.05, 3.63) is 35.0 Å². The van der Waals surface area contributed by atoms with E-state index in [0.29, 0.717) is 6.04 Å². The molecule has 3 rings (SSSR count). The molecule has 0 aliphatic heterocycles. The van der Waals surface area contributed by atoms with Gasteiger partial charge in [0.1, 0.15) is 0 Å². The summed E-state index contributed by atoms with van der Waals surface area (Å²) in [6.45, 7) is 0.938. The maximum absolute atomic E-state index is 6.00. The molecule has 0 bridgehead atoms. The summed E-state index contributed by atoms with van der Waals surface area (Å²) in [5, 5.41) is 6.59. The van der Waals surface area contributed by atoms with Crippen LogP contribution in [0, 0.1) is 0 Å². The fourth-order valence-electron chi connectivity index (χ4n) is 2.90. The Morgan fingerprint density at radius 1 is 1.42 bits per heavy atom. The first kappa shape index (κ1) is 13.3. The van der Waals surface area contributed by atoms with Crippen molar-refractivity contribution in [3.8, 4) is 0 Å². The molecule has 1 saturated carbocycles. The molecule has 2 atom stereocenters. The first-order valence-electron chi connectivity index (χ1n) is 6.78. The van der Waals surface area contributed by atoms with Crippen LogP contribution in [0.25, 0.3) is 10.9 Å². The van der Waals surface area contributed by atoms with E-state index in [1.807, 2.05) is 23.9 Å². The molecule has 1 heterocycles. The number of halogens is 1. The van der Waals surface area contributed by atoms with E-state index in [0.717, 1.165) is 22.3 Å². The van der Waals surface area contributed by atoms with Gasteiger partial charge in [0.25, 0.3) is 0 Å². The second-order valence-electron chi connectivity index (χ2n) is 5.25. The highest BCUT2D eigenvalue weighted by Crippen LogP contribution is 2.29. The van der Waals surface area contributed by atoms with Gasteiger partial charge in [-0.05, 0) is 43.2 Å². The van der Waals surface area contributed by atoms with Gasteiger partial charge in [-0.25, -0.2) is 0 Å². The molecule has 19 heavy (non-hydrogen) atoms. The number of nitrogens with one attached hydrogen (secondary N) is 2. The van der Waals surface area contributed by atoms with Crippen molar-refractivity contribution in [1.29, 1.82) is 0 Å². The van der Waals surface area contributed by atoms with E-state index in [2.05, 4.69) is 28.8 Å². The normalized spacial score (nSPS) is 23.3. The average molecular weight is 295 g/mol. The molecular formula is C15H19ClN2S. The lowest BCUT2D eigenvalue weighted by Crippen LogP contribution is -2.25. The van der Waals surface area contributed by atoms with Crippen molar-refractivity contribution >= 4 is 34.3 Å². The van der Waals surface area contributed by atoms with E-state index in [9.17, 15) is 0 Å². The van der Waals surface area contributed by atoms with Gasteiger partial charge in [0.05, 0.1) is 0 Å². The van der Waals surface area contributed by atoms with E-state index in [4.69, 9.17) is 11.6 Å². The van der Waals surface area contributed by atoms with Crippen LogP contribution in [0.1, 0.15) is 24.8 Å². The van der Waals surface area contributed by atoms with E-state index >= 15 is 0 Å². The Morgan fingerprint density at radius 3 is 3.11 bits per heavy atom. The lowest BCUT2D eigenvalue weighted by atomic mass is 10.1. The summed E-state index contributed by atoms with van der Waals surface area (Å²) in [5.41, 5.74) is 2.46. The van der Waals surface area contributed by atoms with Crippen LogP contribution in [0.2, 0.25) is 5.02 Å². The third kappa shape index (κ3) is 2.93. The summed E-state index contributed by atoms with van der Waals surface area (Å²) in [4.78, 5) is 3.30. The number of aromatic amines is 1. The van der Waals surface area contributed by atoms with E-state index in [1.165, 1.54) is 30.2 Å². The third-order valence-electron chi connectivity index (χ3n) is 4.03. The molecule has 2 N–H and O–H groups in total. The van der Waals surface area contributed by atoms with Crippen LogP contribution in [0.3, 0.4) is 0 Å². The van der Waals surface area contributed by atoms with E-state index in [-0.39, 0.29) is 0 Å². The van der Waals surface area contributed by atoms with Gasteiger partial charge in [-0.2, -0.15) is 11.8 Å². The Hall–Kier alpha value is -0.640. The number of fused-ring (bicyclic) bond motifs is 1. The summed E-state index contributed by atoms with van der Waals surface area (Å²) < 4.78 is 0. The average Bonchev–Trinajstić information content (AvgIpc) is 3.02. The molecule has 1 aliphatic rings. The summed E-state index contributed by atoms with van der Waals surface area (Å²) in [7, 11) is 0. The van der Waals surface area contributed by atoms with Crippen LogP contribution in [0.5, 0.6) is 0 Å². The standard InChI is InChI=1S/C15H19ClN2S/c1-19-13-4-3-12(7-13)17-8-10-9-18-15-6-11(16)2-5-14(10)15/h2,5-6,9,12-13,17-18H,3-4,7-8H2,1H3.